The summed E-state index contributed by atoms with van der Waals surface area (Å²) in [5, 5.41) is 1.11. The van der Waals surface area contributed by atoms with E-state index in [4.69, 9.17) is 9.57 Å². The normalized spacial score (nSPS) is 17.6. The number of carbonyl (C=O) groups is 1. The topological polar surface area (TPSA) is 82.1 Å². The lowest BCUT2D eigenvalue weighted by molar-refractivity contribution is -0.139. The Morgan fingerprint density at radius 1 is 1.27 bits per heavy atom. The zero-order valence-electron chi connectivity index (χ0n) is 12.1. The van der Waals surface area contributed by atoms with Gasteiger partial charge in [-0.05, 0) is 26.8 Å². The van der Waals surface area contributed by atoms with Crippen LogP contribution in [0.4, 0.5) is 18.0 Å². The first-order valence-corrected chi connectivity index (χ1v) is 7.57. The lowest BCUT2D eigenvalue weighted by Crippen LogP contribution is -2.35. The number of ether oxygens (including phenoxy) is 1. The number of hydrogen-bond donors (Lipinski definition) is 0. The minimum absolute atomic E-state index is 0.0293. The maximum absolute atomic E-state index is 12.2. The molecule has 0 radical (unpaired) electrons. The molecule has 0 aromatic rings. The van der Waals surface area contributed by atoms with Crippen molar-refractivity contribution in [1.82, 2.24) is 5.06 Å². The molecule has 0 bridgehead atoms. The van der Waals surface area contributed by atoms with Crippen LogP contribution in [-0.4, -0.2) is 43.8 Å². The van der Waals surface area contributed by atoms with Gasteiger partial charge in [0, 0.05) is 13.0 Å². The molecule has 0 atom stereocenters. The van der Waals surface area contributed by atoms with Crippen LogP contribution in [0.5, 0.6) is 0 Å². The number of hydroxylamine groups is 2. The number of alkyl halides is 3. The Morgan fingerprint density at radius 2 is 1.86 bits per heavy atom. The van der Waals surface area contributed by atoms with Crippen molar-refractivity contribution in [3.63, 3.8) is 0 Å². The van der Waals surface area contributed by atoms with Crippen LogP contribution in [0.3, 0.4) is 0 Å². The van der Waals surface area contributed by atoms with E-state index >= 15 is 0 Å². The minimum atomic E-state index is -5.68. The van der Waals surface area contributed by atoms with Gasteiger partial charge >= 0.3 is 21.8 Å². The molecule has 0 N–H and O–H groups in total. The number of nitrogens with zero attached hydrogens (tertiary/aromatic N) is 1. The summed E-state index contributed by atoms with van der Waals surface area (Å²) in [5.41, 5.74) is -6.24. The van der Waals surface area contributed by atoms with Crippen molar-refractivity contribution in [3.05, 3.63) is 11.8 Å². The molecule has 0 saturated heterocycles. The van der Waals surface area contributed by atoms with Gasteiger partial charge in [0.1, 0.15) is 11.4 Å². The highest BCUT2D eigenvalue weighted by Gasteiger charge is 2.49. The summed E-state index contributed by atoms with van der Waals surface area (Å²) in [7, 11) is -5.68. The van der Waals surface area contributed by atoms with Gasteiger partial charge in [0.25, 0.3) is 0 Å². The first kappa shape index (κ1) is 18.6. The predicted molar refractivity (Wildman–Crippen MR) is 67.7 cm³/mol. The Balaban J connectivity index is 2.55. The largest absolute Gasteiger partial charge is 0.534 e. The van der Waals surface area contributed by atoms with Gasteiger partial charge in [-0.15, -0.1) is 5.06 Å². The third-order valence-electron chi connectivity index (χ3n) is 2.22. The molecule has 11 heteroatoms. The highest BCUT2D eigenvalue weighted by molar-refractivity contribution is 7.87. The van der Waals surface area contributed by atoms with Gasteiger partial charge in [-0.2, -0.15) is 21.6 Å². The maximum Gasteiger partial charge on any atom is 0.534 e. The number of hydrogen-bond acceptors (Lipinski definition) is 7. The molecule has 1 aliphatic rings. The molecular formula is C11H16F3NO6S. The molecule has 22 heavy (non-hydrogen) atoms. The molecule has 0 spiro atoms. The fraction of sp³-hybridized carbons (Fsp3) is 0.727. The van der Waals surface area contributed by atoms with E-state index in [0.717, 1.165) is 11.1 Å². The van der Waals surface area contributed by atoms with E-state index in [2.05, 4.69) is 4.18 Å². The van der Waals surface area contributed by atoms with Crippen LogP contribution in [0.25, 0.3) is 0 Å². The molecule has 7 nitrogen and oxygen atoms in total. The van der Waals surface area contributed by atoms with Gasteiger partial charge < -0.3 is 13.8 Å². The standard InChI is InChI=1S/C11H16F3NO6S/c1-10(2,3)19-9(16)20-15-6-4-8(5-7-15)21-22(17,18)11(12,13)14/h4H,5-7H2,1-3H3. The Bertz CT molecular complexity index is 549. The van der Waals surface area contributed by atoms with Gasteiger partial charge in [-0.1, -0.05) is 0 Å². The average Bonchev–Trinajstić information content (AvgIpc) is 2.27. The van der Waals surface area contributed by atoms with Crippen molar-refractivity contribution in [3.8, 4) is 0 Å². The van der Waals surface area contributed by atoms with Gasteiger partial charge in [-0.25, -0.2) is 4.79 Å². The number of rotatable bonds is 3. The van der Waals surface area contributed by atoms with Crippen LogP contribution in [-0.2, 0) is 23.9 Å². The molecule has 0 fully saturated rings. The summed E-state index contributed by atoms with van der Waals surface area (Å²) in [6.45, 7) is 4.76. The first-order chi connectivity index (χ1) is 9.80. The SMILES string of the molecule is CC(C)(C)OC(=O)ON1CC=C(OS(=O)(=O)C(F)(F)F)CC1. The minimum Gasteiger partial charge on any atom is -0.427 e. The lowest BCUT2D eigenvalue weighted by Gasteiger charge is -2.26. The molecule has 0 unspecified atom stereocenters. The van der Waals surface area contributed by atoms with E-state index < -0.39 is 27.4 Å². The molecule has 0 amide bonds. The van der Waals surface area contributed by atoms with Gasteiger partial charge in [0.15, 0.2) is 0 Å². The van der Waals surface area contributed by atoms with Gasteiger partial charge in [-0.3, -0.25) is 0 Å². The maximum atomic E-state index is 12.2. The quantitative estimate of drug-likeness (QED) is 0.440. The van der Waals surface area contributed by atoms with Crippen LogP contribution in [0.1, 0.15) is 27.2 Å². The second-order valence-electron chi connectivity index (χ2n) is 5.35. The Labute approximate surface area is 125 Å². The van der Waals surface area contributed by atoms with E-state index in [9.17, 15) is 26.4 Å². The second kappa shape index (κ2) is 6.32. The third-order valence-corrected chi connectivity index (χ3v) is 3.22. The third kappa shape index (κ3) is 5.72. The van der Waals surface area contributed by atoms with Crippen LogP contribution >= 0.6 is 0 Å². The Hall–Kier alpha value is -1.49. The summed E-state index contributed by atoms with van der Waals surface area (Å²) >= 11 is 0. The Morgan fingerprint density at radius 3 is 2.27 bits per heavy atom. The highest BCUT2D eigenvalue weighted by atomic mass is 32.2. The molecule has 1 aliphatic heterocycles. The number of carbonyl (C=O) groups excluding carboxylic acids is 1. The fourth-order valence-corrected chi connectivity index (χ4v) is 1.88. The van der Waals surface area contributed by atoms with Crippen molar-refractivity contribution in [2.24, 2.45) is 0 Å². The zero-order valence-corrected chi connectivity index (χ0v) is 13.0. The van der Waals surface area contributed by atoms with Crippen molar-refractivity contribution >= 4 is 16.3 Å². The van der Waals surface area contributed by atoms with Crippen LogP contribution in [0, 0.1) is 0 Å². The molecule has 0 saturated carbocycles. The van der Waals surface area contributed by atoms with Crippen molar-refractivity contribution in [1.29, 1.82) is 0 Å². The van der Waals surface area contributed by atoms with Crippen molar-refractivity contribution < 1.29 is 40.1 Å². The average molecular weight is 347 g/mol. The summed E-state index contributed by atoms with van der Waals surface area (Å²) in [4.78, 5) is 16.2. The molecule has 0 aromatic carbocycles. The van der Waals surface area contributed by atoms with Crippen molar-refractivity contribution in [2.45, 2.75) is 38.3 Å². The van der Waals surface area contributed by atoms with Gasteiger partial charge in [0.2, 0.25) is 0 Å². The Kier molecular flexibility index (Phi) is 5.34. The smallest absolute Gasteiger partial charge is 0.427 e. The van der Waals surface area contributed by atoms with E-state index in [1.807, 2.05) is 0 Å². The van der Waals surface area contributed by atoms with Crippen LogP contribution < -0.4 is 0 Å². The van der Waals surface area contributed by atoms with E-state index in [-0.39, 0.29) is 25.3 Å². The van der Waals surface area contributed by atoms with Crippen LogP contribution in [0.15, 0.2) is 11.8 Å². The number of halogens is 3. The van der Waals surface area contributed by atoms with E-state index in [1.54, 1.807) is 20.8 Å². The lowest BCUT2D eigenvalue weighted by atomic mass is 10.2. The molecule has 1 heterocycles. The van der Waals surface area contributed by atoms with Gasteiger partial charge in [0.05, 0.1) is 6.54 Å². The predicted octanol–water partition coefficient (Wildman–Crippen LogP) is 2.31. The zero-order chi connectivity index (χ0) is 17.2. The molecule has 1 rings (SSSR count). The first-order valence-electron chi connectivity index (χ1n) is 6.16. The van der Waals surface area contributed by atoms with Crippen LogP contribution in [0.2, 0.25) is 0 Å². The van der Waals surface area contributed by atoms with E-state index in [0.29, 0.717) is 0 Å². The van der Waals surface area contributed by atoms with E-state index in [1.165, 1.54) is 0 Å². The summed E-state index contributed by atoms with van der Waals surface area (Å²) < 4.78 is 67.0. The second-order valence-corrected chi connectivity index (χ2v) is 6.89. The molecule has 128 valence electrons. The fourth-order valence-electron chi connectivity index (χ4n) is 1.35. The van der Waals surface area contributed by atoms with Crippen molar-refractivity contribution in [2.75, 3.05) is 13.1 Å². The molecule has 0 aliphatic carbocycles. The summed E-state index contributed by atoms with van der Waals surface area (Å²) in [6, 6.07) is 0. The molecule has 0 aromatic heterocycles. The monoisotopic (exact) mass is 347 g/mol. The molecular weight excluding hydrogens is 331 g/mol. The summed E-state index contributed by atoms with van der Waals surface area (Å²) in [5.74, 6) is -0.360. The highest BCUT2D eigenvalue weighted by Crippen LogP contribution is 2.28. The summed E-state index contributed by atoms with van der Waals surface area (Å²) in [6.07, 6.45) is -0.0527.